The third-order valence-electron chi connectivity index (χ3n) is 4.22. The second-order valence-electron chi connectivity index (χ2n) is 6.88. The third kappa shape index (κ3) is 5.93. The van der Waals surface area contributed by atoms with Gasteiger partial charge in [0.2, 0.25) is 0 Å². The lowest BCUT2D eigenvalue weighted by Gasteiger charge is -2.12. The minimum atomic E-state index is -4.47. The monoisotopic (exact) mass is 433 g/mol. The van der Waals surface area contributed by atoms with Gasteiger partial charge in [0.15, 0.2) is 5.82 Å². The molecule has 31 heavy (non-hydrogen) atoms. The van der Waals surface area contributed by atoms with E-state index in [-0.39, 0.29) is 12.2 Å². The van der Waals surface area contributed by atoms with Gasteiger partial charge >= 0.3 is 12.2 Å². The number of alkyl halides is 3. The number of anilines is 2. The molecule has 0 spiro atoms. The minimum absolute atomic E-state index is 0.0567. The number of hydrogen-bond acceptors (Lipinski definition) is 5. The van der Waals surface area contributed by atoms with Crippen LogP contribution in [0, 0.1) is 20.8 Å². The fraction of sp³-hybridized carbons (Fsp3) is 0.300. The van der Waals surface area contributed by atoms with Crippen LogP contribution in [-0.2, 0) is 6.18 Å². The topological polar surface area (TPSA) is 96.8 Å². The Balaban J connectivity index is 1.53. The molecule has 0 radical (unpaired) electrons. The SMILES string of the molecule is Cc1cc(C)n(-c2cc(NCCNC(=O)Nc3cccc(C(F)(F)F)c3)nc(C)n2)n1. The molecule has 164 valence electrons. The number of aryl methyl sites for hydroxylation is 3. The van der Waals surface area contributed by atoms with Gasteiger partial charge in [0.1, 0.15) is 11.6 Å². The lowest BCUT2D eigenvalue weighted by atomic mass is 10.2. The van der Waals surface area contributed by atoms with Crippen molar-refractivity contribution in [2.24, 2.45) is 0 Å². The van der Waals surface area contributed by atoms with Crippen LogP contribution in [0.2, 0.25) is 0 Å². The van der Waals surface area contributed by atoms with E-state index >= 15 is 0 Å². The fourth-order valence-corrected chi connectivity index (χ4v) is 2.93. The maximum atomic E-state index is 12.8. The number of amides is 2. The van der Waals surface area contributed by atoms with Gasteiger partial charge in [-0.15, -0.1) is 0 Å². The molecular weight excluding hydrogens is 411 g/mol. The Labute approximate surface area is 176 Å². The molecule has 0 unspecified atom stereocenters. The zero-order valence-electron chi connectivity index (χ0n) is 17.2. The van der Waals surface area contributed by atoms with Crippen molar-refractivity contribution < 1.29 is 18.0 Å². The van der Waals surface area contributed by atoms with Crippen LogP contribution in [-0.4, -0.2) is 38.9 Å². The average molecular weight is 433 g/mol. The highest BCUT2D eigenvalue weighted by molar-refractivity contribution is 5.89. The predicted octanol–water partition coefficient (Wildman–Crippen LogP) is 3.84. The highest BCUT2D eigenvalue weighted by Crippen LogP contribution is 2.30. The first-order valence-corrected chi connectivity index (χ1v) is 9.47. The zero-order chi connectivity index (χ0) is 22.6. The molecule has 3 aromatic rings. The van der Waals surface area contributed by atoms with Gasteiger partial charge in [0, 0.05) is 30.5 Å². The Morgan fingerprint density at radius 2 is 1.84 bits per heavy atom. The summed E-state index contributed by atoms with van der Waals surface area (Å²) in [6.07, 6.45) is -4.47. The summed E-state index contributed by atoms with van der Waals surface area (Å²) >= 11 is 0. The van der Waals surface area contributed by atoms with Crippen LogP contribution < -0.4 is 16.0 Å². The highest BCUT2D eigenvalue weighted by atomic mass is 19.4. The Hall–Kier alpha value is -3.63. The van der Waals surface area contributed by atoms with E-state index in [9.17, 15) is 18.0 Å². The summed E-state index contributed by atoms with van der Waals surface area (Å²) in [5, 5.41) is 12.5. The van der Waals surface area contributed by atoms with Crippen LogP contribution >= 0.6 is 0 Å². The van der Waals surface area contributed by atoms with Crippen LogP contribution in [0.15, 0.2) is 36.4 Å². The molecule has 2 aromatic heterocycles. The molecule has 0 bridgehead atoms. The molecule has 0 saturated carbocycles. The normalized spacial score (nSPS) is 11.3. The molecule has 2 heterocycles. The summed E-state index contributed by atoms with van der Waals surface area (Å²) in [5.41, 5.74) is 1.04. The van der Waals surface area contributed by atoms with Crippen molar-refractivity contribution in [3.05, 3.63) is 59.2 Å². The number of carbonyl (C=O) groups is 1. The molecule has 0 aliphatic heterocycles. The largest absolute Gasteiger partial charge is 0.416 e. The number of hydrogen-bond donors (Lipinski definition) is 3. The molecule has 11 heteroatoms. The molecule has 0 aliphatic rings. The molecule has 0 aliphatic carbocycles. The van der Waals surface area contributed by atoms with E-state index in [0.29, 0.717) is 24.0 Å². The third-order valence-corrected chi connectivity index (χ3v) is 4.22. The molecule has 0 atom stereocenters. The van der Waals surface area contributed by atoms with Gasteiger partial charge in [-0.1, -0.05) is 6.07 Å². The van der Waals surface area contributed by atoms with Crippen molar-refractivity contribution in [2.75, 3.05) is 23.7 Å². The van der Waals surface area contributed by atoms with Gasteiger partial charge in [-0.2, -0.15) is 18.3 Å². The van der Waals surface area contributed by atoms with E-state index in [1.165, 1.54) is 12.1 Å². The van der Waals surface area contributed by atoms with Crippen LogP contribution in [0.5, 0.6) is 0 Å². The van der Waals surface area contributed by atoms with Gasteiger partial charge in [0.25, 0.3) is 0 Å². The van der Waals surface area contributed by atoms with Gasteiger partial charge < -0.3 is 16.0 Å². The molecule has 3 N–H and O–H groups in total. The van der Waals surface area contributed by atoms with Crippen LogP contribution in [0.3, 0.4) is 0 Å². The number of nitrogens with one attached hydrogen (secondary N) is 3. The van der Waals surface area contributed by atoms with E-state index in [1.807, 2.05) is 19.9 Å². The van der Waals surface area contributed by atoms with E-state index in [0.717, 1.165) is 23.5 Å². The first-order valence-electron chi connectivity index (χ1n) is 9.47. The second-order valence-corrected chi connectivity index (χ2v) is 6.88. The summed E-state index contributed by atoms with van der Waals surface area (Å²) in [6, 6.07) is 7.52. The van der Waals surface area contributed by atoms with Crippen molar-refractivity contribution in [1.82, 2.24) is 25.1 Å². The van der Waals surface area contributed by atoms with Gasteiger partial charge in [-0.05, 0) is 45.0 Å². The lowest BCUT2D eigenvalue weighted by Crippen LogP contribution is -2.32. The first kappa shape index (κ1) is 22.1. The second kappa shape index (κ2) is 9.02. The van der Waals surface area contributed by atoms with Gasteiger partial charge in [0.05, 0.1) is 11.3 Å². The average Bonchev–Trinajstić information content (AvgIpc) is 3.02. The number of rotatable bonds is 6. The lowest BCUT2D eigenvalue weighted by molar-refractivity contribution is -0.137. The number of benzene rings is 1. The maximum absolute atomic E-state index is 12.8. The molecule has 3 rings (SSSR count). The van der Waals surface area contributed by atoms with Crippen LogP contribution in [0.1, 0.15) is 22.8 Å². The van der Waals surface area contributed by atoms with Crippen molar-refractivity contribution in [1.29, 1.82) is 0 Å². The Morgan fingerprint density at radius 1 is 1.06 bits per heavy atom. The summed E-state index contributed by atoms with van der Waals surface area (Å²) < 4.78 is 40.0. The van der Waals surface area contributed by atoms with E-state index in [2.05, 4.69) is 31.0 Å². The Morgan fingerprint density at radius 3 is 2.52 bits per heavy atom. The number of urea groups is 1. The Kier molecular flexibility index (Phi) is 6.42. The standard InChI is InChI=1S/C20H22F3N7O/c1-12-9-13(2)30(29-12)18-11-17(26-14(3)27-18)24-7-8-25-19(31)28-16-6-4-5-15(10-16)20(21,22)23/h4-6,9-11H,7-8H2,1-3H3,(H,24,26,27)(H2,25,28,31). The first-order chi connectivity index (χ1) is 14.6. The maximum Gasteiger partial charge on any atom is 0.416 e. The zero-order valence-corrected chi connectivity index (χ0v) is 17.2. The molecule has 8 nitrogen and oxygen atoms in total. The van der Waals surface area contributed by atoms with Crippen LogP contribution in [0.25, 0.3) is 5.82 Å². The van der Waals surface area contributed by atoms with E-state index in [1.54, 1.807) is 17.7 Å². The number of aromatic nitrogens is 4. The Bertz CT molecular complexity index is 1080. The minimum Gasteiger partial charge on any atom is -0.368 e. The molecule has 1 aromatic carbocycles. The summed E-state index contributed by atoms with van der Waals surface area (Å²) in [4.78, 5) is 20.7. The summed E-state index contributed by atoms with van der Waals surface area (Å²) in [7, 11) is 0. The fourth-order valence-electron chi connectivity index (χ4n) is 2.93. The van der Waals surface area contributed by atoms with Crippen molar-refractivity contribution in [3.63, 3.8) is 0 Å². The quantitative estimate of drug-likeness (QED) is 0.514. The number of nitrogens with zero attached hydrogens (tertiary/aromatic N) is 4. The van der Waals surface area contributed by atoms with Gasteiger partial charge in [-0.25, -0.2) is 19.4 Å². The predicted molar refractivity (Wildman–Crippen MR) is 110 cm³/mol. The van der Waals surface area contributed by atoms with Gasteiger partial charge in [-0.3, -0.25) is 0 Å². The molecule has 0 fully saturated rings. The van der Waals surface area contributed by atoms with Crippen LogP contribution in [0.4, 0.5) is 29.5 Å². The molecule has 2 amide bonds. The van der Waals surface area contributed by atoms with E-state index in [4.69, 9.17) is 0 Å². The van der Waals surface area contributed by atoms with E-state index < -0.39 is 17.8 Å². The number of halogens is 3. The van der Waals surface area contributed by atoms with Crippen molar-refractivity contribution in [2.45, 2.75) is 26.9 Å². The van der Waals surface area contributed by atoms with Crippen molar-refractivity contribution in [3.8, 4) is 5.82 Å². The van der Waals surface area contributed by atoms with Crippen molar-refractivity contribution >= 4 is 17.5 Å². The highest BCUT2D eigenvalue weighted by Gasteiger charge is 2.30. The molecular formula is C20H22F3N7O. The smallest absolute Gasteiger partial charge is 0.368 e. The number of carbonyl (C=O) groups excluding carboxylic acids is 1. The summed E-state index contributed by atoms with van der Waals surface area (Å²) in [6.45, 7) is 6.16. The molecule has 0 saturated heterocycles. The summed E-state index contributed by atoms with van der Waals surface area (Å²) in [5.74, 6) is 1.74.